The molecule has 1 N–H and O–H groups in total. The fourth-order valence-corrected chi connectivity index (χ4v) is 1.35. The van der Waals surface area contributed by atoms with Crippen LogP contribution in [0.15, 0.2) is 18.2 Å². The van der Waals surface area contributed by atoms with Gasteiger partial charge >= 0.3 is 35.5 Å². The number of hydrogen-bond donors (Lipinski definition) is 1. The maximum atomic E-state index is 10.5. The zero-order chi connectivity index (χ0) is 8.43. The van der Waals surface area contributed by atoms with Gasteiger partial charge in [0.05, 0.1) is 10.6 Å². The molecule has 0 aliphatic carbocycles. The van der Waals surface area contributed by atoms with Gasteiger partial charge in [0.1, 0.15) is 0 Å². The van der Waals surface area contributed by atoms with Crippen molar-refractivity contribution in [3.05, 3.63) is 32.4 Å². The minimum Gasteiger partial charge on any atom is -1.00 e. The number of hydrogen-bond acceptors (Lipinski definition) is 1. The maximum Gasteiger partial charge on any atom is 1.00 e. The molecule has 1 rings (SSSR count). The van der Waals surface area contributed by atoms with Gasteiger partial charge in [0.15, 0.2) is 0 Å². The molecule has 0 saturated carbocycles. The standard InChI is InChI=1S/C7H4ClIO2.Na.H/c8-6-2-1-4(9)3-5(6)7(10)11;;/h1-3H,(H,10,11);;/q;+1;-1. The largest absolute Gasteiger partial charge is 1.00 e. The molecule has 60 valence electrons. The molecule has 0 atom stereocenters. The van der Waals surface area contributed by atoms with E-state index in [0.29, 0.717) is 0 Å². The first kappa shape index (κ1) is 12.7. The van der Waals surface area contributed by atoms with E-state index < -0.39 is 5.97 Å². The number of carboxylic acid groups (broad SMARTS) is 1. The van der Waals surface area contributed by atoms with Crippen molar-refractivity contribution < 1.29 is 40.9 Å². The molecule has 0 unspecified atom stereocenters. The summed E-state index contributed by atoms with van der Waals surface area (Å²) < 4.78 is 0.865. The minimum atomic E-state index is -0.992. The van der Waals surface area contributed by atoms with Crippen LogP contribution in [0, 0.1) is 3.57 Å². The molecule has 5 heteroatoms. The fourth-order valence-electron chi connectivity index (χ4n) is 0.661. The smallest absolute Gasteiger partial charge is 1.00 e. The average Bonchev–Trinajstić information content (AvgIpc) is 1.94. The zero-order valence-corrected chi connectivity index (χ0v) is 11.3. The molecule has 0 fully saturated rings. The number of carbonyl (C=O) groups is 1. The van der Waals surface area contributed by atoms with E-state index >= 15 is 0 Å². The van der Waals surface area contributed by atoms with Crippen molar-refractivity contribution in [2.45, 2.75) is 0 Å². The van der Waals surface area contributed by atoms with E-state index in [1.165, 1.54) is 6.07 Å². The molecular weight excluding hydrogens is 301 g/mol. The minimum absolute atomic E-state index is 0. The molecular formula is C7H5ClINaO2. The van der Waals surface area contributed by atoms with Gasteiger partial charge in [0.2, 0.25) is 0 Å². The second-order valence-electron chi connectivity index (χ2n) is 1.93. The van der Waals surface area contributed by atoms with Crippen LogP contribution in [0.3, 0.4) is 0 Å². The summed E-state index contributed by atoms with van der Waals surface area (Å²) in [5.41, 5.74) is 0.151. The normalized spacial score (nSPS) is 8.83. The molecule has 0 bridgehead atoms. The summed E-state index contributed by atoms with van der Waals surface area (Å²) in [6, 6.07) is 4.87. The molecule has 2 nitrogen and oxygen atoms in total. The van der Waals surface area contributed by atoms with Crippen molar-refractivity contribution in [3.8, 4) is 0 Å². The maximum absolute atomic E-state index is 10.5. The topological polar surface area (TPSA) is 37.3 Å². The van der Waals surface area contributed by atoms with Gasteiger partial charge in [-0.25, -0.2) is 4.79 Å². The number of benzene rings is 1. The van der Waals surface area contributed by atoms with Crippen molar-refractivity contribution in [3.63, 3.8) is 0 Å². The summed E-state index contributed by atoms with van der Waals surface area (Å²) >= 11 is 7.64. The van der Waals surface area contributed by atoms with Gasteiger partial charge in [-0.1, -0.05) is 11.6 Å². The van der Waals surface area contributed by atoms with E-state index in [1.54, 1.807) is 12.1 Å². The van der Waals surface area contributed by atoms with Crippen molar-refractivity contribution in [2.24, 2.45) is 0 Å². The van der Waals surface area contributed by atoms with Gasteiger partial charge in [-0.15, -0.1) is 0 Å². The Kier molecular flexibility index (Phi) is 5.76. The van der Waals surface area contributed by atoms with E-state index in [-0.39, 0.29) is 41.6 Å². The summed E-state index contributed by atoms with van der Waals surface area (Å²) in [5.74, 6) is -0.992. The van der Waals surface area contributed by atoms with Crippen LogP contribution in [0.1, 0.15) is 11.8 Å². The molecule has 0 aliphatic heterocycles. The van der Waals surface area contributed by atoms with E-state index in [4.69, 9.17) is 16.7 Å². The molecule has 0 aliphatic rings. The van der Waals surface area contributed by atoms with Gasteiger partial charge in [-0.05, 0) is 40.8 Å². The molecule has 0 spiro atoms. The summed E-state index contributed by atoms with van der Waals surface area (Å²) in [7, 11) is 0. The first-order chi connectivity index (χ1) is 5.11. The third-order valence-electron chi connectivity index (χ3n) is 1.16. The number of halogens is 2. The Morgan fingerprint density at radius 2 is 2.17 bits per heavy atom. The summed E-state index contributed by atoms with van der Waals surface area (Å²) in [6.07, 6.45) is 0. The second kappa shape index (κ2) is 5.44. The van der Waals surface area contributed by atoms with Crippen LogP contribution in [0.25, 0.3) is 0 Å². The van der Waals surface area contributed by atoms with Crippen LogP contribution in [0.5, 0.6) is 0 Å². The Labute approximate surface area is 112 Å². The van der Waals surface area contributed by atoms with Crippen LogP contribution >= 0.6 is 34.2 Å². The Morgan fingerprint density at radius 1 is 1.58 bits per heavy atom. The molecule has 1 aromatic carbocycles. The van der Waals surface area contributed by atoms with Gasteiger partial charge in [-0.2, -0.15) is 0 Å². The van der Waals surface area contributed by atoms with Crippen LogP contribution in [-0.2, 0) is 0 Å². The Balaban J connectivity index is 0. The van der Waals surface area contributed by atoms with E-state index in [0.717, 1.165) is 3.57 Å². The average molecular weight is 306 g/mol. The molecule has 12 heavy (non-hydrogen) atoms. The Morgan fingerprint density at radius 3 is 2.58 bits per heavy atom. The predicted octanol–water partition coefficient (Wildman–Crippen LogP) is -0.241. The SMILES string of the molecule is O=C(O)c1cc(I)ccc1Cl.[H-].[Na+]. The second-order valence-corrected chi connectivity index (χ2v) is 3.58. The van der Waals surface area contributed by atoms with Crippen LogP contribution in [-0.4, -0.2) is 11.1 Å². The van der Waals surface area contributed by atoms with Gasteiger partial charge < -0.3 is 6.53 Å². The van der Waals surface area contributed by atoms with E-state index in [2.05, 4.69) is 0 Å². The van der Waals surface area contributed by atoms with Crippen LogP contribution in [0.2, 0.25) is 5.02 Å². The third kappa shape index (κ3) is 3.22. The number of carboxylic acids is 1. The first-order valence-corrected chi connectivity index (χ1v) is 4.25. The van der Waals surface area contributed by atoms with E-state index in [9.17, 15) is 4.79 Å². The molecule has 1 aromatic rings. The molecule has 0 saturated heterocycles. The van der Waals surface area contributed by atoms with Crippen LogP contribution in [0.4, 0.5) is 0 Å². The van der Waals surface area contributed by atoms with Crippen molar-refractivity contribution in [2.75, 3.05) is 0 Å². The molecule has 0 heterocycles. The molecule has 0 aromatic heterocycles. The zero-order valence-electron chi connectivity index (χ0n) is 7.34. The third-order valence-corrected chi connectivity index (χ3v) is 2.16. The van der Waals surface area contributed by atoms with Gasteiger partial charge in [0.25, 0.3) is 0 Å². The number of rotatable bonds is 1. The van der Waals surface area contributed by atoms with Crippen molar-refractivity contribution in [1.82, 2.24) is 0 Å². The number of aromatic carboxylic acids is 1. The summed E-state index contributed by atoms with van der Waals surface area (Å²) in [5, 5.41) is 8.88. The van der Waals surface area contributed by atoms with Crippen molar-refractivity contribution >= 4 is 40.2 Å². The molecule has 0 radical (unpaired) electrons. The summed E-state index contributed by atoms with van der Waals surface area (Å²) in [6.45, 7) is 0. The Bertz CT molecular complexity index is 309. The Hall–Kier alpha value is 0.710. The van der Waals surface area contributed by atoms with Gasteiger partial charge in [-0.3, -0.25) is 0 Å². The van der Waals surface area contributed by atoms with Crippen molar-refractivity contribution in [1.29, 1.82) is 0 Å². The fraction of sp³-hybridized carbons (Fsp3) is 0. The predicted molar refractivity (Wildman–Crippen MR) is 52.2 cm³/mol. The summed E-state index contributed by atoms with van der Waals surface area (Å²) in [4.78, 5) is 10.5. The first-order valence-electron chi connectivity index (χ1n) is 2.79. The monoisotopic (exact) mass is 306 g/mol. The van der Waals surface area contributed by atoms with E-state index in [1.807, 2.05) is 22.6 Å². The van der Waals surface area contributed by atoms with Gasteiger partial charge in [0, 0.05) is 3.57 Å². The van der Waals surface area contributed by atoms with Crippen LogP contribution < -0.4 is 29.6 Å². The quantitative estimate of drug-likeness (QED) is 0.574. The molecule has 0 amide bonds.